The van der Waals surface area contributed by atoms with E-state index in [1.54, 1.807) is 0 Å². The smallest absolute Gasteiger partial charge is 0.225 e. The van der Waals surface area contributed by atoms with Crippen molar-refractivity contribution >= 4 is 23.4 Å². The zero-order valence-corrected chi connectivity index (χ0v) is 23.2. The van der Waals surface area contributed by atoms with E-state index in [2.05, 4.69) is 36.3 Å². The van der Waals surface area contributed by atoms with Crippen molar-refractivity contribution in [3.05, 3.63) is 70.2 Å². The van der Waals surface area contributed by atoms with Crippen LogP contribution >= 0.6 is 11.6 Å². The van der Waals surface area contributed by atoms with Gasteiger partial charge in [0.15, 0.2) is 0 Å². The summed E-state index contributed by atoms with van der Waals surface area (Å²) in [4.78, 5) is 28.0. The molecule has 1 aliphatic carbocycles. The average Bonchev–Trinajstić information content (AvgIpc) is 3.54. The van der Waals surface area contributed by atoms with Crippen molar-refractivity contribution in [2.24, 2.45) is 11.8 Å². The summed E-state index contributed by atoms with van der Waals surface area (Å²) in [6.45, 7) is 7.67. The van der Waals surface area contributed by atoms with E-state index in [9.17, 15) is 18.4 Å². The molecule has 2 aromatic rings. The second-order valence-corrected chi connectivity index (χ2v) is 12.1. The summed E-state index contributed by atoms with van der Waals surface area (Å²) >= 11 is 6.05. The van der Waals surface area contributed by atoms with E-state index in [1.165, 1.54) is 12.1 Å². The predicted molar refractivity (Wildman–Crippen MR) is 146 cm³/mol. The second kappa shape index (κ2) is 12.1. The fourth-order valence-electron chi connectivity index (χ4n) is 5.24. The lowest BCUT2D eigenvalue weighted by atomic mass is 9.88. The first-order valence-corrected chi connectivity index (χ1v) is 13.9. The van der Waals surface area contributed by atoms with E-state index in [1.807, 2.05) is 24.3 Å². The first-order chi connectivity index (χ1) is 18.0. The standard InChI is InChI=1S/C30H38ClF2N3O2/c1-30(2,3)36-17-24(23-13-12-22(32)16-26(23)33)25(18-36)29(38)34-14-4-5-27(20-8-10-21(31)11-9-20)35-28(37)15-19-6-7-19/h8-13,16,19,24-25,27H,4-7,14-15,17-18H2,1-3H3,(H,34,38)(H,35,37)/t24-,25+,27-/m0/s1. The van der Waals surface area contributed by atoms with Gasteiger partial charge in [0.2, 0.25) is 11.8 Å². The van der Waals surface area contributed by atoms with Gasteiger partial charge in [0.05, 0.1) is 12.0 Å². The Morgan fingerprint density at radius 3 is 2.42 bits per heavy atom. The van der Waals surface area contributed by atoms with Crippen LogP contribution in [0.25, 0.3) is 0 Å². The number of carbonyl (C=O) groups excluding carboxylic acids is 2. The summed E-state index contributed by atoms with van der Waals surface area (Å²) < 4.78 is 28.2. The summed E-state index contributed by atoms with van der Waals surface area (Å²) in [5.41, 5.74) is 1.17. The van der Waals surface area contributed by atoms with Crippen LogP contribution in [0.2, 0.25) is 5.02 Å². The maximum Gasteiger partial charge on any atom is 0.225 e. The lowest BCUT2D eigenvalue weighted by Crippen LogP contribution is -2.41. The minimum Gasteiger partial charge on any atom is -0.356 e. The van der Waals surface area contributed by atoms with Gasteiger partial charge in [0.1, 0.15) is 11.6 Å². The number of hydrogen-bond donors (Lipinski definition) is 2. The number of likely N-dealkylation sites (tertiary alicyclic amines) is 1. The summed E-state index contributed by atoms with van der Waals surface area (Å²) in [6, 6.07) is 10.9. The van der Waals surface area contributed by atoms with E-state index >= 15 is 0 Å². The molecule has 0 aromatic heterocycles. The molecule has 1 heterocycles. The molecule has 2 aromatic carbocycles. The summed E-state index contributed by atoms with van der Waals surface area (Å²) in [7, 11) is 0. The first-order valence-electron chi connectivity index (χ1n) is 13.5. The molecular weight excluding hydrogens is 508 g/mol. The van der Waals surface area contributed by atoms with E-state index in [4.69, 9.17) is 11.6 Å². The molecule has 38 heavy (non-hydrogen) atoms. The third kappa shape index (κ3) is 7.54. The topological polar surface area (TPSA) is 61.4 Å². The molecule has 5 nitrogen and oxygen atoms in total. The van der Waals surface area contributed by atoms with Crippen LogP contribution in [-0.2, 0) is 9.59 Å². The lowest BCUT2D eigenvalue weighted by Gasteiger charge is -2.31. The number of nitrogens with one attached hydrogen (secondary N) is 2. The molecule has 206 valence electrons. The third-order valence-corrected chi connectivity index (χ3v) is 7.97. The Hall–Kier alpha value is -2.51. The van der Waals surface area contributed by atoms with Crippen LogP contribution in [-0.4, -0.2) is 41.9 Å². The highest BCUT2D eigenvalue weighted by molar-refractivity contribution is 6.30. The minimum atomic E-state index is -0.627. The maximum absolute atomic E-state index is 14.7. The van der Waals surface area contributed by atoms with Gasteiger partial charge in [-0.1, -0.05) is 29.8 Å². The zero-order chi connectivity index (χ0) is 27.4. The van der Waals surface area contributed by atoms with Gasteiger partial charge in [0.25, 0.3) is 0 Å². The number of amides is 2. The van der Waals surface area contributed by atoms with Crippen LogP contribution in [0, 0.1) is 23.5 Å². The fourth-order valence-corrected chi connectivity index (χ4v) is 5.36. The molecular formula is C30H38ClF2N3O2. The average molecular weight is 546 g/mol. The molecule has 1 saturated heterocycles. The number of halogens is 3. The molecule has 8 heteroatoms. The Balaban J connectivity index is 1.38. The first kappa shape index (κ1) is 28.5. The maximum atomic E-state index is 14.7. The number of nitrogens with zero attached hydrogens (tertiary/aromatic N) is 1. The van der Waals surface area contributed by atoms with Gasteiger partial charge in [0, 0.05) is 48.6 Å². The molecule has 0 unspecified atom stereocenters. The zero-order valence-electron chi connectivity index (χ0n) is 22.4. The molecule has 1 saturated carbocycles. The highest BCUT2D eigenvalue weighted by Crippen LogP contribution is 2.37. The van der Waals surface area contributed by atoms with Crippen LogP contribution in [0.15, 0.2) is 42.5 Å². The van der Waals surface area contributed by atoms with Crippen LogP contribution in [0.3, 0.4) is 0 Å². The highest BCUT2D eigenvalue weighted by atomic mass is 35.5. The van der Waals surface area contributed by atoms with Crippen LogP contribution in [0.5, 0.6) is 0 Å². The molecule has 3 atom stereocenters. The Labute approximate surface area is 229 Å². The number of benzene rings is 2. The molecule has 2 aliphatic rings. The second-order valence-electron chi connectivity index (χ2n) is 11.7. The predicted octanol–water partition coefficient (Wildman–Crippen LogP) is 5.99. The monoisotopic (exact) mass is 545 g/mol. The molecule has 4 rings (SSSR count). The molecule has 0 bridgehead atoms. The molecule has 2 amide bonds. The molecule has 2 N–H and O–H groups in total. The molecule has 0 radical (unpaired) electrons. The SMILES string of the molecule is CC(C)(C)N1C[C@@H](C(=O)NCCC[C@H](NC(=O)CC2CC2)c2ccc(Cl)cc2)[C@H](c2ccc(F)cc2F)C1. The van der Waals surface area contributed by atoms with Gasteiger partial charge in [-0.2, -0.15) is 0 Å². The van der Waals surface area contributed by atoms with Crippen molar-refractivity contribution in [2.75, 3.05) is 19.6 Å². The van der Waals surface area contributed by atoms with E-state index < -0.39 is 17.6 Å². The van der Waals surface area contributed by atoms with Crippen LogP contribution < -0.4 is 10.6 Å². The van der Waals surface area contributed by atoms with Crippen LogP contribution in [0.1, 0.15) is 76.0 Å². The van der Waals surface area contributed by atoms with Crippen LogP contribution in [0.4, 0.5) is 8.78 Å². The number of rotatable bonds is 10. The van der Waals surface area contributed by atoms with E-state index in [0.29, 0.717) is 55.4 Å². The fraction of sp³-hybridized carbons (Fsp3) is 0.533. The molecule has 0 spiro atoms. The number of hydrogen-bond acceptors (Lipinski definition) is 3. The minimum absolute atomic E-state index is 0.0499. The van der Waals surface area contributed by atoms with Crippen molar-refractivity contribution in [2.45, 2.75) is 70.4 Å². The van der Waals surface area contributed by atoms with Crippen molar-refractivity contribution in [1.29, 1.82) is 0 Å². The van der Waals surface area contributed by atoms with E-state index in [-0.39, 0.29) is 29.3 Å². The summed E-state index contributed by atoms with van der Waals surface area (Å²) in [5, 5.41) is 6.83. The largest absolute Gasteiger partial charge is 0.356 e. The van der Waals surface area contributed by atoms with Gasteiger partial charge in [-0.15, -0.1) is 0 Å². The van der Waals surface area contributed by atoms with Crippen molar-refractivity contribution in [3.8, 4) is 0 Å². The lowest BCUT2D eigenvalue weighted by molar-refractivity contribution is -0.125. The van der Waals surface area contributed by atoms with Crippen molar-refractivity contribution < 1.29 is 18.4 Å². The summed E-state index contributed by atoms with van der Waals surface area (Å²) in [5.74, 6) is -1.63. The van der Waals surface area contributed by atoms with Crippen molar-refractivity contribution in [3.63, 3.8) is 0 Å². The Kier molecular flexibility index (Phi) is 9.09. The third-order valence-electron chi connectivity index (χ3n) is 7.71. The quantitative estimate of drug-likeness (QED) is 0.361. The number of carbonyl (C=O) groups is 2. The van der Waals surface area contributed by atoms with Gasteiger partial charge < -0.3 is 10.6 Å². The molecule has 1 aliphatic heterocycles. The molecule has 2 fully saturated rings. The summed E-state index contributed by atoms with van der Waals surface area (Å²) in [6.07, 6.45) is 4.10. The highest BCUT2D eigenvalue weighted by Gasteiger charge is 2.42. The van der Waals surface area contributed by atoms with Crippen molar-refractivity contribution in [1.82, 2.24) is 15.5 Å². The van der Waals surface area contributed by atoms with Gasteiger partial charge in [-0.05, 0) is 81.7 Å². The van der Waals surface area contributed by atoms with Gasteiger partial charge >= 0.3 is 0 Å². The Morgan fingerprint density at radius 2 is 1.79 bits per heavy atom. The Bertz CT molecular complexity index is 1130. The van der Waals surface area contributed by atoms with Gasteiger partial charge in [-0.3, -0.25) is 14.5 Å². The van der Waals surface area contributed by atoms with E-state index in [0.717, 1.165) is 24.5 Å². The normalized spacial score (nSPS) is 20.8. The Morgan fingerprint density at radius 1 is 1.08 bits per heavy atom. The van der Waals surface area contributed by atoms with Gasteiger partial charge in [-0.25, -0.2) is 8.78 Å².